The molecular formula is C16H15ClFN. The molecule has 3 rings (SSSR count). The number of nitrogens with zero attached hydrogens (tertiary/aromatic N) is 1. The molecule has 98 valence electrons. The summed E-state index contributed by atoms with van der Waals surface area (Å²) in [4.78, 5) is 2.33. The van der Waals surface area contributed by atoms with Crippen molar-refractivity contribution >= 4 is 17.3 Å². The van der Waals surface area contributed by atoms with Gasteiger partial charge in [-0.15, -0.1) is 0 Å². The van der Waals surface area contributed by atoms with Crippen molar-refractivity contribution < 1.29 is 4.39 Å². The van der Waals surface area contributed by atoms with Crippen LogP contribution in [0.25, 0.3) is 0 Å². The van der Waals surface area contributed by atoms with Crippen LogP contribution in [0.1, 0.15) is 18.1 Å². The van der Waals surface area contributed by atoms with Gasteiger partial charge >= 0.3 is 0 Å². The highest BCUT2D eigenvalue weighted by Crippen LogP contribution is 2.34. The molecule has 1 nitrogen and oxygen atoms in total. The largest absolute Gasteiger partial charge is 0.364 e. The molecule has 2 aromatic rings. The number of hydrogen-bond acceptors (Lipinski definition) is 1. The third kappa shape index (κ3) is 2.33. The second-order valence-corrected chi connectivity index (χ2v) is 5.45. The van der Waals surface area contributed by atoms with Crippen LogP contribution in [0.5, 0.6) is 0 Å². The molecule has 0 saturated carbocycles. The maximum Gasteiger partial charge on any atom is 0.124 e. The summed E-state index contributed by atoms with van der Waals surface area (Å²) in [7, 11) is 0. The van der Waals surface area contributed by atoms with Gasteiger partial charge in [0.25, 0.3) is 0 Å². The first kappa shape index (κ1) is 12.5. The van der Waals surface area contributed by atoms with Crippen LogP contribution in [0.3, 0.4) is 0 Å². The predicted molar refractivity (Wildman–Crippen MR) is 77.2 cm³/mol. The van der Waals surface area contributed by atoms with E-state index >= 15 is 0 Å². The van der Waals surface area contributed by atoms with Gasteiger partial charge < -0.3 is 4.90 Å². The zero-order valence-electron chi connectivity index (χ0n) is 10.7. The van der Waals surface area contributed by atoms with Crippen LogP contribution in [0.15, 0.2) is 42.5 Å². The topological polar surface area (TPSA) is 3.24 Å². The molecule has 1 atom stereocenters. The maximum absolute atomic E-state index is 13.1. The summed E-state index contributed by atoms with van der Waals surface area (Å²) in [6, 6.07) is 13.5. The molecule has 19 heavy (non-hydrogen) atoms. The van der Waals surface area contributed by atoms with Gasteiger partial charge in [0.2, 0.25) is 0 Å². The Labute approximate surface area is 117 Å². The van der Waals surface area contributed by atoms with E-state index in [9.17, 15) is 4.39 Å². The molecule has 0 saturated heterocycles. The summed E-state index contributed by atoms with van der Waals surface area (Å²) in [5, 5.41) is 0.497. The molecule has 0 aliphatic carbocycles. The third-order valence-corrected chi connectivity index (χ3v) is 4.06. The fourth-order valence-corrected chi connectivity index (χ4v) is 2.93. The summed E-state index contributed by atoms with van der Waals surface area (Å²) in [6.45, 7) is 2.93. The predicted octanol–water partition coefficient (Wildman–Crippen LogP) is 4.43. The Bertz CT molecular complexity index is 611. The number of anilines is 1. The standard InChI is InChI=1S/C16H15ClFN/c1-11-8-12-4-2-3-5-16(12)19(11)10-13-6-7-14(18)9-15(13)17/h2-7,9,11H,8,10H2,1H3/t11-/m1/s1. The van der Waals surface area contributed by atoms with Crippen molar-refractivity contribution in [2.24, 2.45) is 0 Å². The zero-order valence-corrected chi connectivity index (χ0v) is 11.5. The Balaban J connectivity index is 1.91. The Morgan fingerprint density at radius 2 is 2.05 bits per heavy atom. The van der Waals surface area contributed by atoms with E-state index in [1.165, 1.54) is 23.4 Å². The molecule has 1 aliphatic rings. The van der Waals surface area contributed by atoms with Crippen molar-refractivity contribution in [1.29, 1.82) is 0 Å². The quantitative estimate of drug-likeness (QED) is 0.784. The van der Waals surface area contributed by atoms with Crippen LogP contribution in [0, 0.1) is 5.82 Å². The van der Waals surface area contributed by atoms with Gasteiger partial charge in [-0.3, -0.25) is 0 Å². The highest BCUT2D eigenvalue weighted by molar-refractivity contribution is 6.31. The van der Waals surface area contributed by atoms with Crippen LogP contribution >= 0.6 is 11.6 Å². The minimum absolute atomic E-state index is 0.288. The lowest BCUT2D eigenvalue weighted by atomic mass is 10.1. The molecular weight excluding hydrogens is 261 g/mol. The maximum atomic E-state index is 13.1. The average Bonchev–Trinajstić information content (AvgIpc) is 2.69. The molecule has 0 fully saturated rings. The summed E-state index contributed by atoms with van der Waals surface area (Å²) in [5.74, 6) is -0.288. The van der Waals surface area contributed by atoms with Gasteiger partial charge in [-0.2, -0.15) is 0 Å². The Kier molecular flexibility index (Phi) is 3.19. The van der Waals surface area contributed by atoms with E-state index in [0.29, 0.717) is 11.1 Å². The molecule has 1 heterocycles. The minimum atomic E-state index is -0.288. The Hall–Kier alpha value is -1.54. The number of halogens is 2. The molecule has 0 aromatic heterocycles. The Morgan fingerprint density at radius 3 is 2.84 bits per heavy atom. The first-order chi connectivity index (χ1) is 9.15. The zero-order chi connectivity index (χ0) is 13.4. The van der Waals surface area contributed by atoms with Gasteiger partial charge in [-0.05, 0) is 42.7 Å². The highest BCUT2D eigenvalue weighted by Gasteiger charge is 2.25. The van der Waals surface area contributed by atoms with Gasteiger partial charge in [0, 0.05) is 23.3 Å². The van der Waals surface area contributed by atoms with Crippen LogP contribution in [0.2, 0.25) is 5.02 Å². The molecule has 0 amide bonds. The number of rotatable bonds is 2. The van der Waals surface area contributed by atoms with Crippen molar-refractivity contribution in [3.8, 4) is 0 Å². The first-order valence-corrected chi connectivity index (χ1v) is 6.81. The van der Waals surface area contributed by atoms with E-state index in [1.807, 2.05) is 0 Å². The lowest BCUT2D eigenvalue weighted by Gasteiger charge is -2.25. The molecule has 0 radical (unpaired) electrons. The van der Waals surface area contributed by atoms with Crippen molar-refractivity contribution in [1.82, 2.24) is 0 Å². The molecule has 0 spiro atoms. The number of para-hydroxylation sites is 1. The van der Waals surface area contributed by atoms with Gasteiger partial charge in [0.15, 0.2) is 0 Å². The fraction of sp³-hybridized carbons (Fsp3) is 0.250. The number of fused-ring (bicyclic) bond motifs is 1. The van der Waals surface area contributed by atoms with Gasteiger partial charge in [-0.25, -0.2) is 4.39 Å². The number of hydrogen-bond donors (Lipinski definition) is 0. The summed E-state index contributed by atoms with van der Waals surface area (Å²) in [5.41, 5.74) is 3.59. The molecule has 3 heteroatoms. The van der Waals surface area contributed by atoms with E-state index < -0.39 is 0 Å². The van der Waals surface area contributed by atoms with Gasteiger partial charge in [-0.1, -0.05) is 35.9 Å². The fourth-order valence-electron chi connectivity index (χ4n) is 2.70. The third-order valence-electron chi connectivity index (χ3n) is 3.70. The number of benzene rings is 2. The molecule has 0 unspecified atom stereocenters. The van der Waals surface area contributed by atoms with E-state index in [4.69, 9.17) is 11.6 Å². The molecule has 0 bridgehead atoms. The van der Waals surface area contributed by atoms with E-state index in [0.717, 1.165) is 18.5 Å². The second-order valence-electron chi connectivity index (χ2n) is 5.05. The smallest absolute Gasteiger partial charge is 0.124 e. The molecule has 1 aliphatic heterocycles. The van der Waals surface area contributed by atoms with E-state index in [1.54, 1.807) is 6.07 Å². The van der Waals surface area contributed by atoms with Gasteiger partial charge in [0.1, 0.15) is 5.82 Å². The van der Waals surface area contributed by atoms with Crippen LogP contribution < -0.4 is 4.90 Å². The molecule has 0 N–H and O–H groups in total. The van der Waals surface area contributed by atoms with Gasteiger partial charge in [0.05, 0.1) is 0 Å². The highest BCUT2D eigenvalue weighted by atomic mass is 35.5. The monoisotopic (exact) mass is 275 g/mol. The lowest BCUT2D eigenvalue weighted by molar-refractivity contribution is 0.625. The molecule has 2 aromatic carbocycles. The summed E-state index contributed by atoms with van der Waals surface area (Å²) in [6.07, 6.45) is 1.05. The second kappa shape index (κ2) is 4.86. The first-order valence-electron chi connectivity index (χ1n) is 6.43. The van der Waals surface area contributed by atoms with Crippen LogP contribution in [-0.2, 0) is 13.0 Å². The normalized spacial score (nSPS) is 17.6. The summed E-state index contributed by atoms with van der Waals surface area (Å²) < 4.78 is 13.1. The van der Waals surface area contributed by atoms with Crippen molar-refractivity contribution in [3.05, 3.63) is 64.4 Å². The van der Waals surface area contributed by atoms with E-state index in [-0.39, 0.29) is 5.82 Å². The lowest BCUT2D eigenvalue weighted by Crippen LogP contribution is -2.28. The average molecular weight is 276 g/mol. The SMILES string of the molecule is C[C@@H]1Cc2ccccc2N1Cc1ccc(F)cc1Cl. The van der Waals surface area contributed by atoms with Crippen molar-refractivity contribution in [2.75, 3.05) is 4.90 Å². The minimum Gasteiger partial charge on any atom is -0.364 e. The van der Waals surface area contributed by atoms with Crippen LogP contribution in [-0.4, -0.2) is 6.04 Å². The van der Waals surface area contributed by atoms with Crippen molar-refractivity contribution in [3.63, 3.8) is 0 Å². The summed E-state index contributed by atoms with van der Waals surface area (Å²) >= 11 is 6.12. The van der Waals surface area contributed by atoms with Crippen molar-refractivity contribution in [2.45, 2.75) is 25.9 Å². The van der Waals surface area contributed by atoms with E-state index in [2.05, 4.69) is 36.1 Å². The Morgan fingerprint density at radius 1 is 1.26 bits per heavy atom. The van der Waals surface area contributed by atoms with Crippen LogP contribution in [0.4, 0.5) is 10.1 Å².